The van der Waals surface area contributed by atoms with Gasteiger partial charge in [0, 0.05) is 0 Å². The third-order valence-corrected chi connectivity index (χ3v) is 7.63. The molecule has 0 heterocycles. The van der Waals surface area contributed by atoms with Crippen LogP contribution in [0.4, 0.5) is 65.9 Å². The second-order valence-corrected chi connectivity index (χ2v) is 11.3. The molecule has 0 aliphatic carbocycles. The molecule has 0 N–H and O–H groups in total. The quantitative estimate of drug-likeness (QED) is 0.0913. The van der Waals surface area contributed by atoms with Crippen LogP contribution in [0.15, 0.2) is 12.1 Å². The van der Waals surface area contributed by atoms with E-state index in [1.165, 1.54) is 0 Å². The third kappa shape index (κ3) is 4.42. The Labute approximate surface area is 226 Å². The van der Waals surface area contributed by atoms with Crippen LogP contribution in [0.2, 0.25) is 13.1 Å². The van der Waals surface area contributed by atoms with E-state index in [0.29, 0.717) is 0 Å². The highest BCUT2D eigenvalue weighted by Crippen LogP contribution is 2.41. The van der Waals surface area contributed by atoms with Gasteiger partial charge in [0.2, 0.25) is 17.5 Å². The van der Waals surface area contributed by atoms with Gasteiger partial charge in [-0.25, -0.2) is 65.9 Å². The molecular weight excluding hydrogens is 625 g/mol. The van der Waals surface area contributed by atoms with Gasteiger partial charge in [-0.05, 0) is 34.0 Å². The molecule has 0 nitrogen and oxygen atoms in total. The molecular formula is C26H8F15Si. The molecule has 0 aromatic heterocycles. The standard InChI is InChI=1S/C26H8F15Si/c1-42(2)26-6(9-13(29)19(35)24(40)20(36)14(9)30)3-5(8-11(27)17(33)23(39)18(34)12(8)28)4-7(26)10-15(31)21(37)25(41)22(38)16(10)32/h3-4H,1-2H3. The first-order chi connectivity index (χ1) is 19.4. The summed E-state index contributed by atoms with van der Waals surface area (Å²) in [5.74, 6) is -39.2. The van der Waals surface area contributed by atoms with Gasteiger partial charge < -0.3 is 0 Å². The molecule has 0 fully saturated rings. The van der Waals surface area contributed by atoms with E-state index in [-0.39, 0.29) is 12.1 Å². The summed E-state index contributed by atoms with van der Waals surface area (Å²) >= 11 is 0. The van der Waals surface area contributed by atoms with Gasteiger partial charge in [0.05, 0.1) is 25.5 Å². The largest absolute Gasteiger partial charge is 0.203 e. The SMILES string of the molecule is C[Si](C)c1c(-c2c(F)c(F)c(F)c(F)c2F)cc(-c2c(F)c(F)c(F)c(F)c2F)cc1-c1c(F)c(F)c(F)c(F)c1F. The van der Waals surface area contributed by atoms with Crippen molar-refractivity contribution in [2.24, 2.45) is 0 Å². The van der Waals surface area contributed by atoms with Gasteiger partial charge in [-0.15, -0.1) is 0 Å². The summed E-state index contributed by atoms with van der Waals surface area (Å²) in [7, 11) is -2.58. The molecule has 0 bridgehead atoms. The summed E-state index contributed by atoms with van der Waals surface area (Å²) in [5.41, 5.74) is -9.65. The van der Waals surface area contributed by atoms with Crippen molar-refractivity contribution < 1.29 is 65.9 Å². The van der Waals surface area contributed by atoms with Crippen LogP contribution in [0.5, 0.6) is 0 Å². The van der Waals surface area contributed by atoms with Gasteiger partial charge in [0.25, 0.3) is 0 Å². The number of hydrogen-bond acceptors (Lipinski definition) is 0. The van der Waals surface area contributed by atoms with Crippen molar-refractivity contribution in [1.82, 2.24) is 0 Å². The van der Waals surface area contributed by atoms with Gasteiger partial charge in [-0.3, -0.25) is 0 Å². The van der Waals surface area contributed by atoms with Crippen molar-refractivity contribution in [1.29, 1.82) is 0 Å². The number of halogens is 15. The highest BCUT2D eigenvalue weighted by atomic mass is 28.3. The van der Waals surface area contributed by atoms with E-state index in [2.05, 4.69) is 0 Å². The van der Waals surface area contributed by atoms with E-state index in [4.69, 9.17) is 0 Å². The molecule has 221 valence electrons. The Morgan fingerprint density at radius 2 is 0.548 bits per heavy atom. The van der Waals surface area contributed by atoms with Gasteiger partial charge in [-0.1, -0.05) is 13.1 Å². The molecule has 0 atom stereocenters. The average Bonchev–Trinajstić information content (AvgIpc) is 2.95. The smallest absolute Gasteiger partial charge is 0.200 e. The zero-order valence-corrected chi connectivity index (χ0v) is 21.3. The zero-order valence-electron chi connectivity index (χ0n) is 20.3. The maximum atomic E-state index is 14.9. The minimum atomic E-state index is -2.68. The highest BCUT2D eigenvalue weighted by molar-refractivity contribution is 6.73. The van der Waals surface area contributed by atoms with Crippen molar-refractivity contribution in [3.8, 4) is 33.4 Å². The maximum Gasteiger partial charge on any atom is 0.200 e. The summed E-state index contributed by atoms with van der Waals surface area (Å²) in [6, 6.07) is 0.387. The van der Waals surface area contributed by atoms with Gasteiger partial charge in [-0.2, -0.15) is 0 Å². The molecule has 0 aliphatic heterocycles. The van der Waals surface area contributed by atoms with Crippen LogP contribution in [-0.4, -0.2) is 8.80 Å². The van der Waals surface area contributed by atoms with E-state index >= 15 is 0 Å². The number of benzene rings is 4. The van der Waals surface area contributed by atoms with E-state index in [0.717, 1.165) is 13.1 Å². The van der Waals surface area contributed by atoms with Crippen molar-refractivity contribution in [2.75, 3.05) is 0 Å². The van der Waals surface area contributed by atoms with Crippen LogP contribution < -0.4 is 5.19 Å². The number of hydrogen-bond donors (Lipinski definition) is 0. The summed E-state index contributed by atoms with van der Waals surface area (Å²) in [6.45, 7) is 2.31. The summed E-state index contributed by atoms with van der Waals surface area (Å²) in [6.07, 6.45) is 0. The molecule has 0 amide bonds. The van der Waals surface area contributed by atoms with Crippen LogP contribution in [0.1, 0.15) is 0 Å². The molecule has 42 heavy (non-hydrogen) atoms. The van der Waals surface area contributed by atoms with Crippen molar-refractivity contribution in [2.45, 2.75) is 13.1 Å². The fourth-order valence-electron chi connectivity index (χ4n) is 4.26. The van der Waals surface area contributed by atoms with Gasteiger partial charge in [0.15, 0.2) is 69.8 Å². The van der Waals surface area contributed by atoms with Crippen molar-refractivity contribution >= 4 is 14.0 Å². The normalized spacial score (nSPS) is 11.7. The fourth-order valence-corrected chi connectivity index (χ4v) is 5.73. The Bertz CT molecular complexity index is 1640. The highest BCUT2D eigenvalue weighted by Gasteiger charge is 2.35. The third-order valence-electron chi connectivity index (χ3n) is 6.10. The van der Waals surface area contributed by atoms with Crippen LogP contribution in [0.3, 0.4) is 0 Å². The molecule has 4 aromatic carbocycles. The molecule has 0 saturated heterocycles. The van der Waals surface area contributed by atoms with Gasteiger partial charge in [0.1, 0.15) is 0 Å². The van der Waals surface area contributed by atoms with Crippen LogP contribution in [0, 0.1) is 87.3 Å². The first kappa shape index (κ1) is 31.0. The molecule has 4 rings (SSSR count). The monoisotopic (exact) mass is 633 g/mol. The van der Waals surface area contributed by atoms with Crippen molar-refractivity contribution in [3.05, 3.63) is 99.4 Å². The molecule has 0 spiro atoms. The number of rotatable bonds is 4. The molecule has 4 aromatic rings. The molecule has 0 saturated carbocycles. The van der Waals surface area contributed by atoms with Crippen LogP contribution >= 0.6 is 0 Å². The molecule has 0 aliphatic rings. The second kappa shape index (κ2) is 10.7. The lowest BCUT2D eigenvalue weighted by molar-refractivity contribution is 0.381. The van der Waals surface area contributed by atoms with E-state index in [1.807, 2.05) is 0 Å². The molecule has 1 radical (unpaired) electrons. The second-order valence-electron chi connectivity index (χ2n) is 8.78. The Morgan fingerprint density at radius 3 is 0.786 bits per heavy atom. The lowest BCUT2D eigenvalue weighted by Crippen LogP contribution is -2.29. The van der Waals surface area contributed by atoms with E-state index < -0.39 is 135 Å². The van der Waals surface area contributed by atoms with E-state index in [1.54, 1.807) is 0 Å². The first-order valence-corrected chi connectivity index (χ1v) is 13.5. The lowest BCUT2D eigenvalue weighted by atomic mass is 9.91. The minimum absolute atomic E-state index is 0.194. The summed E-state index contributed by atoms with van der Waals surface area (Å²) < 4.78 is 215. The predicted octanol–water partition coefficient (Wildman–Crippen LogP) is 8.74. The maximum absolute atomic E-state index is 14.9. The van der Waals surface area contributed by atoms with Crippen LogP contribution in [-0.2, 0) is 0 Å². The topological polar surface area (TPSA) is 0 Å². The molecule has 0 unspecified atom stereocenters. The van der Waals surface area contributed by atoms with Crippen LogP contribution in [0.25, 0.3) is 33.4 Å². The Morgan fingerprint density at radius 1 is 0.333 bits per heavy atom. The van der Waals surface area contributed by atoms with E-state index in [9.17, 15) is 65.9 Å². The fraction of sp³-hybridized carbons (Fsp3) is 0.0769. The molecule has 16 heteroatoms. The minimum Gasteiger partial charge on any atom is -0.203 e. The lowest BCUT2D eigenvalue weighted by Gasteiger charge is -2.22. The Balaban J connectivity index is 2.36. The predicted molar refractivity (Wildman–Crippen MR) is 119 cm³/mol. The first-order valence-electron chi connectivity index (χ1n) is 11.0. The van der Waals surface area contributed by atoms with Crippen molar-refractivity contribution in [3.63, 3.8) is 0 Å². The zero-order chi connectivity index (χ0) is 31.7. The Kier molecular flexibility index (Phi) is 7.90. The summed E-state index contributed by atoms with van der Waals surface area (Å²) in [4.78, 5) is 0. The van der Waals surface area contributed by atoms with Gasteiger partial charge >= 0.3 is 0 Å². The average molecular weight is 633 g/mol. The summed E-state index contributed by atoms with van der Waals surface area (Å²) in [5, 5.41) is -0.806. The Hall–Kier alpha value is -3.95.